The van der Waals surface area contributed by atoms with Gasteiger partial charge < -0.3 is 10.6 Å². The van der Waals surface area contributed by atoms with Crippen molar-refractivity contribution in [3.63, 3.8) is 0 Å². The molecule has 24 heavy (non-hydrogen) atoms. The Balaban J connectivity index is 1.66. The Labute approximate surface area is 146 Å². The molecular weight excluding hydrogens is 298 g/mol. The molecule has 1 aromatic carbocycles. The fourth-order valence-corrected chi connectivity index (χ4v) is 4.23. The van der Waals surface area contributed by atoms with E-state index in [0.717, 1.165) is 38.8 Å². The predicted molar refractivity (Wildman–Crippen MR) is 97.7 cm³/mol. The zero-order valence-corrected chi connectivity index (χ0v) is 15.3. The molecule has 1 fully saturated rings. The molecule has 0 bridgehead atoms. The van der Waals surface area contributed by atoms with Crippen molar-refractivity contribution in [3.8, 4) is 0 Å². The van der Waals surface area contributed by atoms with Crippen LogP contribution < -0.4 is 5.73 Å². The lowest BCUT2D eigenvalue weighted by molar-refractivity contribution is -0.134. The lowest BCUT2D eigenvalue weighted by Crippen LogP contribution is -2.54. The Bertz CT molecular complexity index is 598. The monoisotopic (exact) mass is 329 g/mol. The molecule has 3 rings (SSSR count). The van der Waals surface area contributed by atoms with E-state index >= 15 is 0 Å². The largest absolute Gasteiger partial charge is 0.338 e. The van der Waals surface area contributed by atoms with Crippen LogP contribution in [-0.2, 0) is 11.2 Å². The molecule has 1 heterocycles. The topological polar surface area (TPSA) is 49.6 Å². The first-order chi connectivity index (χ1) is 11.4. The summed E-state index contributed by atoms with van der Waals surface area (Å²) in [5, 5.41) is 0. The molecular formula is C20H31N3O. The van der Waals surface area contributed by atoms with Gasteiger partial charge in [-0.2, -0.15) is 0 Å². The Morgan fingerprint density at radius 1 is 1.33 bits per heavy atom. The van der Waals surface area contributed by atoms with Crippen LogP contribution in [0, 0.1) is 5.41 Å². The van der Waals surface area contributed by atoms with Crippen LogP contribution in [0.2, 0.25) is 0 Å². The van der Waals surface area contributed by atoms with Crippen molar-refractivity contribution >= 4 is 5.91 Å². The third-order valence-corrected chi connectivity index (χ3v) is 5.95. The molecule has 4 nitrogen and oxygen atoms in total. The normalized spacial score (nSPS) is 26.7. The summed E-state index contributed by atoms with van der Waals surface area (Å²) in [7, 11) is 1.97. The first-order valence-electron chi connectivity index (χ1n) is 9.20. The second-order valence-corrected chi connectivity index (χ2v) is 8.21. The van der Waals surface area contributed by atoms with E-state index in [2.05, 4.69) is 43.0 Å². The number of rotatable bonds is 3. The standard InChI is InChI=1S/C20H31N3O/c1-20(2)14-23(12-11-18(20)21)13-19(24)22(3)17-10-6-8-15-7-4-5-9-16(15)17/h4-5,7,9,17-18H,6,8,10-14,21H2,1-3H3. The van der Waals surface area contributed by atoms with E-state index in [1.165, 1.54) is 11.1 Å². The molecule has 2 aliphatic rings. The smallest absolute Gasteiger partial charge is 0.237 e. The zero-order valence-electron chi connectivity index (χ0n) is 15.3. The van der Waals surface area contributed by atoms with Crippen molar-refractivity contribution in [2.45, 2.75) is 51.6 Å². The van der Waals surface area contributed by atoms with E-state index in [4.69, 9.17) is 5.73 Å². The third-order valence-electron chi connectivity index (χ3n) is 5.95. The minimum atomic E-state index is 0.0779. The fraction of sp³-hybridized carbons (Fsp3) is 0.650. The highest BCUT2D eigenvalue weighted by molar-refractivity contribution is 5.78. The summed E-state index contributed by atoms with van der Waals surface area (Å²) in [6.07, 6.45) is 4.32. The minimum absolute atomic E-state index is 0.0779. The van der Waals surface area contributed by atoms with Crippen LogP contribution in [0.4, 0.5) is 0 Å². The van der Waals surface area contributed by atoms with Crippen LogP contribution in [0.1, 0.15) is 50.3 Å². The molecule has 1 aliphatic heterocycles. The third kappa shape index (κ3) is 3.50. The quantitative estimate of drug-likeness (QED) is 0.927. The molecule has 0 saturated carbocycles. The van der Waals surface area contributed by atoms with Crippen molar-refractivity contribution in [3.05, 3.63) is 35.4 Å². The number of nitrogens with zero attached hydrogens (tertiary/aromatic N) is 2. The summed E-state index contributed by atoms with van der Waals surface area (Å²) in [4.78, 5) is 17.1. The molecule has 1 aromatic rings. The molecule has 2 atom stereocenters. The number of likely N-dealkylation sites (N-methyl/N-ethyl adjacent to an activating group) is 1. The van der Waals surface area contributed by atoms with Crippen LogP contribution in [0.5, 0.6) is 0 Å². The number of fused-ring (bicyclic) bond motifs is 1. The number of likely N-dealkylation sites (tertiary alicyclic amines) is 1. The number of carbonyl (C=O) groups excluding carboxylic acids is 1. The summed E-state index contributed by atoms with van der Waals surface area (Å²) in [6, 6.07) is 9.03. The summed E-state index contributed by atoms with van der Waals surface area (Å²) < 4.78 is 0. The lowest BCUT2D eigenvalue weighted by Gasteiger charge is -2.43. The van der Waals surface area contributed by atoms with Gasteiger partial charge in [-0.05, 0) is 42.2 Å². The molecule has 1 amide bonds. The van der Waals surface area contributed by atoms with E-state index in [1.54, 1.807) is 0 Å². The van der Waals surface area contributed by atoms with Gasteiger partial charge in [0.25, 0.3) is 0 Å². The molecule has 0 radical (unpaired) electrons. The Morgan fingerprint density at radius 2 is 2.08 bits per heavy atom. The van der Waals surface area contributed by atoms with Gasteiger partial charge in [-0.3, -0.25) is 9.69 Å². The van der Waals surface area contributed by atoms with E-state index < -0.39 is 0 Å². The number of piperidine rings is 1. The average molecular weight is 329 g/mol. The summed E-state index contributed by atoms with van der Waals surface area (Å²) in [5.41, 5.74) is 9.03. The average Bonchev–Trinajstić information content (AvgIpc) is 2.56. The Morgan fingerprint density at radius 3 is 2.83 bits per heavy atom. The van der Waals surface area contributed by atoms with Crippen LogP contribution >= 0.6 is 0 Å². The number of hydrogen-bond donors (Lipinski definition) is 1. The molecule has 132 valence electrons. The molecule has 1 aliphatic carbocycles. The first-order valence-corrected chi connectivity index (χ1v) is 9.20. The molecule has 0 aromatic heterocycles. The lowest BCUT2D eigenvalue weighted by atomic mass is 9.80. The first kappa shape index (κ1) is 17.4. The van der Waals surface area contributed by atoms with Gasteiger partial charge in [0.15, 0.2) is 0 Å². The molecule has 2 N–H and O–H groups in total. The fourth-order valence-electron chi connectivity index (χ4n) is 4.23. The van der Waals surface area contributed by atoms with Crippen molar-refractivity contribution in [1.29, 1.82) is 0 Å². The minimum Gasteiger partial charge on any atom is -0.338 e. The van der Waals surface area contributed by atoms with Gasteiger partial charge in [-0.1, -0.05) is 38.1 Å². The molecule has 1 saturated heterocycles. The SMILES string of the molecule is CN(C(=O)CN1CCC(N)C(C)(C)C1)C1CCCc2ccccc21. The highest BCUT2D eigenvalue weighted by Crippen LogP contribution is 2.34. The maximum Gasteiger partial charge on any atom is 0.237 e. The Kier molecular flexibility index (Phi) is 4.97. The van der Waals surface area contributed by atoms with Crippen molar-refractivity contribution < 1.29 is 4.79 Å². The summed E-state index contributed by atoms with van der Waals surface area (Å²) >= 11 is 0. The summed E-state index contributed by atoms with van der Waals surface area (Å²) in [5.74, 6) is 0.225. The molecule has 0 spiro atoms. The summed E-state index contributed by atoms with van der Waals surface area (Å²) in [6.45, 7) is 6.73. The number of carbonyl (C=O) groups is 1. The maximum absolute atomic E-state index is 12.9. The van der Waals surface area contributed by atoms with Crippen LogP contribution in [0.25, 0.3) is 0 Å². The number of nitrogens with two attached hydrogens (primary N) is 1. The van der Waals surface area contributed by atoms with Crippen LogP contribution in [-0.4, -0.2) is 48.4 Å². The number of benzene rings is 1. The van der Waals surface area contributed by atoms with Crippen molar-refractivity contribution in [1.82, 2.24) is 9.80 Å². The van der Waals surface area contributed by atoms with Gasteiger partial charge in [0.2, 0.25) is 5.91 Å². The number of hydrogen-bond acceptors (Lipinski definition) is 3. The zero-order chi connectivity index (χ0) is 17.3. The van der Waals surface area contributed by atoms with Gasteiger partial charge in [-0.15, -0.1) is 0 Å². The number of amides is 1. The van der Waals surface area contributed by atoms with Crippen LogP contribution in [0.3, 0.4) is 0 Å². The van der Waals surface area contributed by atoms with E-state index in [0.29, 0.717) is 6.54 Å². The predicted octanol–water partition coefficient (Wildman–Crippen LogP) is 2.58. The Hall–Kier alpha value is -1.39. The van der Waals surface area contributed by atoms with Crippen LogP contribution in [0.15, 0.2) is 24.3 Å². The molecule has 2 unspecified atom stereocenters. The number of aryl methyl sites for hydroxylation is 1. The van der Waals surface area contributed by atoms with Gasteiger partial charge in [0.05, 0.1) is 12.6 Å². The van der Waals surface area contributed by atoms with Gasteiger partial charge in [0.1, 0.15) is 0 Å². The highest BCUT2D eigenvalue weighted by atomic mass is 16.2. The van der Waals surface area contributed by atoms with Gasteiger partial charge in [-0.25, -0.2) is 0 Å². The second-order valence-electron chi connectivity index (χ2n) is 8.21. The second kappa shape index (κ2) is 6.85. The van der Waals surface area contributed by atoms with E-state index in [1.807, 2.05) is 11.9 Å². The van der Waals surface area contributed by atoms with E-state index in [-0.39, 0.29) is 23.4 Å². The van der Waals surface area contributed by atoms with Crippen molar-refractivity contribution in [2.24, 2.45) is 11.1 Å². The van der Waals surface area contributed by atoms with Gasteiger partial charge >= 0.3 is 0 Å². The molecule has 4 heteroatoms. The van der Waals surface area contributed by atoms with E-state index in [9.17, 15) is 4.79 Å². The van der Waals surface area contributed by atoms with Gasteiger partial charge in [0, 0.05) is 26.2 Å². The highest BCUT2D eigenvalue weighted by Gasteiger charge is 2.35. The maximum atomic E-state index is 12.9. The van der Waals surface area contributed by atoms with Crippen molar-refractivity contribution in [2.75, 3.05) is 26.7 Å².